The summed E-state index contributed by atoms with van der Waals surface area (Å²) in [5.74, 6) is -1.47. The van der Waals surface area contributed by atoms with E-state index in [0.29, 0.717) is 17.4 Å². The Kier molecular flexibility index (Phi) is 3.53. The topological polar surface area (TPSA) is 42.2 Å². The molecule has 0 radical (unpaired) electrons. The van der Waals surface area contributed by atoms with Gasteiger partial charge in [-0.15, -0.1) is 0 Å². The molecule has 0 saturated heterocycles. The van der Waals surface area contributed by atoms with Crippen LogP contribution in [0.3, 0.4) is 0 Å². The number of aromatic carboxylic acids is 1. The van der Waals surface area contributed by atoms with Gasteiger partial charge in [0.1, 0.15) is 11.5 Å². The maximum absolute atomic E-state index is 14.5. The van der Waals surface area contributed by atoms with Crippen LogP contribution in [0.25, 0.3) is 21.7 Å². The van der Waals surface area contributed by atoms with Gasteiger partial charge in [0, 0.05) is 11.9 Å². The predicted octanol–water partition coefficient (Wildman–Crippen LogP) is 4.99. The van der Waals surface area contributed by atoms with Gasteiger partial charge in [-0.2, -0.15) is 0 Å². The molecular formula is C21H16FNO2. The molecule has 0 amide bonds. The monoisotopic (exact) mass is 333 g/mol. The molecule has 124 valence electrons. The van der Waals surface area contributed by atoms with Crippen molar-refractivity contribution in [3.05, 3.63) is 83.3 Å². The smallest absolute Gasteiger partial charge is 0.352 e. The van der Waals surface area contributed by atoms with Crippen LogP contribution in [0.1, 0.15) is 21.6 Å². The van der Waals surface area contributed by atoms with Gasteiger partial charge in [0.15, 0.2) is 0 Å². The summed E-state index contributed by atoms with van der Waals surface area (Å²) in [6.45, 7) is 2.16. The first-order valence-electron chi connectivity index (χ1n) is 8.04. The molecule has 1 heterocycles. The first-order valence-corrected chi connectivity index (χ1v) is 8.04. The summed E-state index contributed by atoms with van der Waals surface area (Å²) < 4.78 is 16.1. The van der Waals surface area contributed by atoms with Crippen molar-refractivity contribution in [1.29, 1.82) is 0 Å². The van der Waals surface area contributed by atoms with Crippen molar-refractivity contribution in [2.45, 2.75) is 13.5 Å². The Morgan fingerprint density at radius 3 is 2.60 bits per heavy atom. The van der Waals surface area contributed by atoms with Crippen LogP contribution in [-0.4, -0.2) is 15.6 Å². The first-order chi connectivity index (χ1) is 12.1. The molecule has 1 N–H and O–H groups in total. The van der Waals surface area contributed by atoms with Gasteiger partial charge < -0.3 is 9.67 Å². The second kappa shape index (κ2) is 5.74. The zero-order chi connectivity index (χ0) is 17.6. The molecule has 4 rings (SSSR count). The Bertz CT molecular complexity index is 1120. The van der Waals surface area contributed by atoms with Crippen LogP contribution in [0, 0.1) is 12.7 Å². The van der Waals surface area contributed by atoms with Crippen LogP contribution in [-0.2, 0) is 6.54 Å². The quantitative estimate of drug-likeness (QED) is 0.574. The van der Waals surface area contributed by atoms with Gasteiger partial charge in [-0.25, -0.2) is 9.18 Å². The van der Waals surface area contributed by atoms with Crippen molar-refractivity contribution in [3.63, 3.8) is 0 Å². The lowest BCUT2D eigenvalue weighted by Gasteiger charge is -2.12. The third-order valence-corrected chi connectivity index (χ3v) is 4.66. The molecular weight excluding hydrogens is 317 g/mol. The highest BCUT2D eigenvalue weighted by Crippen LogP contribution is 2.28. The fourth-order valence-electron chi connectivity index (χ4n) is 3.42. The normalized spacial score (nSPS) is 11.3. The average Bonchev–Trinajstić information content (AvgIpc) is 2.99. The van der Waals surface area contributed by atoms with Crippen molar-refractivity contribution >= 4 is 27.6 Å². The Morgan fingerprint density at radius 1 is 1.04 bits per heavy atom. The van der Waals surface area contributed by atoms with E-state index in [-0.39, 0.29) is 5.69 Å². The highest BCUT2D eigenvalue weighted by atomic mass is 19.1. The number of carboxylic acid groups (broad SMARTS) is 1. The maximum atomic E-state index is 14.5. The second-order valence-electron chi connectivity index (χ2n) is 6.19. The average molecular weight is 333 g/mol. The minimum Gasteiger partial charge on any atom is -0.477 e. The van der Waals surface area contributed by atoms with Crippen molar-refractivity contribution in [1.82, 2.24) is 4.57 Å². The number of fused-ring (bicyclic) bond motifs is 2. The van der Waals surface area contributed by atoms with Crippen molar-refractivity contribution in [2.24, 2.45) is 0 Å². The van der Waals surface area contributed by atoms with E-state index in [1.165, 1.54) is 6.07 Å². The Hall–Kier alpha value is -3.14. The van der Waals surface area contributed by atoms with Gasteiger partial charge in [-0.1, -0.05) is 48.5 Å². The molecule has 0 saturated carbocycles. The molecule has 0 spiro atoms. The van der Waals surface area contributed by atoms with E-state index >= 15 is 0 Å². The minimum absolute atomic E-state index is 0.0936. The zero-order valence-electron chi connectivity index (χ0n) is 13.7. The summed E-state index contributed by atoms with van der Waals surface area (Å²) in [6, 6.07) is 18.4. The molecule has 3 aromatic carbocycles. The van der Waals surface area contributed by atoms with E-state index in [2.05, 4.69) is 0 Å². The van der Waals surface area contributed by atoms with Gasteiger partial charge in [0.2, 0.25) is 0 Å². The second-order valence-corrected chi connectivity index (χ2v) is 6.19. The van der Waals surface area contributed by atoms with Crippen molar-refractivity contribution in [3.8, 4) is 0 Å². The molecule has 4 aromatic rings. The SMILES string of the molecule is Cc1ccc(F)c2c1cc(C(=O)O)n2Cc1cccc2ccccc12. The molecule has 0 aliphatic carbocycles. The lowest BCUT2D eigenvalue weighted by atomic mass is 10.0. The fourth-order valence-corrected chi connectivity index (χ4v) is 3.42. The van der Waals surface area contributed by atoms with Gasteiger partial charge in [0.05, 0.1) is 5.52 Å². The third-order valence-electron chi connectivity index (χ3n) is 4.66. The molecule has 0 unspecified atom stereocenters. The Morgan fingerprint density at radius 2 is 1.80 bits per heavy atom. The molecule has 0 aliphatic heterocycles. The molecule has 0 fully saturated rings. The molecule has 25 heavy (non-hydrogen) atoms. The van der Waals surface area contributed by atoms with Crippen molar-refractivity contribution < 1.29 is 14.3 Å². The lowest BCUT2D eigenvalue weighted by molar-refractivity contribution is 0.0686. The van der Waals surface area contributed by atoms with Gasteiger partial charge in [-0.3, -0.25) is 0 Å². The molecule has 0 atom stereocenters. The van der Waals surface area contributed by atoms with Crippen LogP contribution < -0.4 is 0 Å². The largest absolute Gasteiger partial charge is 0.477 e. The van der Waals surface area contributed by atoms with E-state index in [0.717, 1.165) is 21.9 Å². The number of aryl methyl sites for hydroxylation is 1. The maximum Gasteiger partial charge on any atom is 0.352 e. The van der Waals surface area contributed by atoms with Gasteiger partial charge >= 0.3 is 5.97 Å². The molecule has 1 aromatic heterocycles. The van der Waals surface area contributed by atoms with Crippen molar-refractivity contribution in [2.75, 3.05) is 0 Å². The highest BCUT2D eigenvalue weighted by molar-refractivity contribution is 5.96. The number of carbonyl (C=O) groups is 1. The van der Waals surface area contributed by atoms with Crippen LogP contribution in [0.4, 0.5) is 4.39 Å². The van der Waals surface area contributed by atoms with E-state index in [9.17, 15) is 14.3 Å². The summed E-state index contributed by atoms with van der Waals surface area (Å²) in [6.07, 6.45) is 0. The third kappa shape index (κ3) is 2.47. The number of hydrogen-bond acceptors (Lipinski definition) is 1. The number of rotatable bonds is 3. The summed E-state index contributed by atoms with van der Waals surface area (Å²) in [5.41, 5.74) is 2.25. The van der Waals surface area contributed by atoms with Crippen LogP contribution in [0.2, 0.25) is 0 Å². The molecule has 4 heteroatoms. The number of benzene rings is 3. The van der Waals surface area contributed by atoms with Gasteiger partial charge in [0.25, 0.3) is 0 Å². The van der Waals surface area contributed by atoms with E-state index in [1.807, 2.05) is 49.4 Å². The number of carboxylic acids is 1. The summed E-state index contributed by atoms with van der Waals surface area (Å²) in [5, 5.41) is 12.3. The van der Waals surface area contributed by atoms with Crippen LogP contribution in [0.15, 0.2) is 60.7 Å². The minimum atomic E-state index is -1.06. The fraction of sp³-hybridized carbons (Fsp3) is 0.0952. The molecule has 3 nitrogen and oxygen atoms in total. The van der Waals surface area contributed by atoms with Gasteiger partial charge in [-0.05, 0) is 41.0 Å². The zero-order valence-corrected chi connectivity index (χ0v) is 13.7. The number of halogens is 1. The van der Waals surface area contributed by atoms with Crippen LogP contribution >= 0.6 is 0 Å². The highest BCUT2D eigenvalue weighted by Gasteiger charge is 2.19. The lowest BCUT2D eigenvalue weighted by Crippen LogP contribution is -2.10. The summed E-state index contributed by atoms with van der Waals surface area (Å²) in [7, 11) is 0. The van der Waals surface area contributed by atoms with E-state index in [1.54, 1.807) is 16.7 Å². The standard InChI is InChI=1S/C21H16FNO2/c1-13-9-10-18(22)20-17(13)11-19(21(24)25)23(20)12-15-7-4-6-14-5-2-3-8-16(14)15/h2-11H,12H2,1H3,(H,24,25). The Balaban J connectivity index is 1.98. The number of nitrogens with zero attached hydrogens (tertiary/aromatic N) is 1. The van der Waals surface area contributed by atoms with Crippen LogP contribution in [0.5, 0.6) is 0 Å². The summed E-state index contributed by atoms with van der Waals surface area (Å²) >= 11 is 0. The predicted molar refractivity (Wildman–Crippen MR) is 96.6 cm³/mol. The molecule has 0 bridgehead atoms. The van der Waals surface area contributed by atoms with E-state index < -0.39 is 11.8 Å². The number of aromatic nitrogens is 1. The van der Waals surface area contributed by atoms with E-state index in [4.69, 9.17) is 0 Å². The Labute approximate surface area is 143 Å². The first kappa shape index (κ1) is 15.4. The number of hydrogen-bond donors (Lipinski definition) is 1. The summed E-state index contributed by atoms with van der Waals surface area (Å²) in [4.78, 5) is 11.7. The molecule has 0 aliphatic rings.